The fourth-order valence-corrected chi connectivity index (χ4v) is 1.09. The van der Waals surface area contributed by atoms with Gasteiger partial charge in [0.05, 0.1) is 0 Å². The minimum absolute atomic E-state index is 0.0480. The van der Waals surface area contributed by atoms with Crippen LogP contribution in [0.1, 0.15) is 27.2 Å². The second-order valence-electron chi connectivity index (χ2n) is 3.17. The van der Waals surface area contributed by atoms with Gasteiger partial charge >= 0.3 is 0 Å². The summed E-state index contributed by atoms with van der Waals surface area (Å²) in [5.74, 6) is -0.541. The maximum atomic E-state index is 11.1. The molecule has 1 aliphatic rings. The number of hydrogen-bond acceptors (Lipinski definition) is 3. The molecule has 1 fully saturated rings. The maximum absolute atomic E-state index is 11.1. The van der Waals surface area contributed by atoms with Gasteiger partial charge in [-0.3, -0.25) is 4.79 Å². The molecule has 0 aromatic heterocycles. The Hall–Kier alpha value is -0.410. The monoisotopic (exact) mass is 158 g/mol. The van der Waals surface area contributed by atoms with E-state index >= 15 is 0 Å². The van der Waals surface area contributed by atoms with Gasteiger partial charge in [-0.15, -0.1) is 0 Å². The van der Waals surface area contributed by atoms with Crippen LogP contribution in [0.5, 0.6) is 0 Å². The Morgan fingerprint density at radius 3 is 2.73 bits per heavy atom. The quantitative estimate of drug-likeness (QED) is 0.573. The summed E-state index contributed by atoms with van der Waals surface area (Å²) in [6.07, 6.45) is 0.463. The summed E-state index contributed by atoms with van der Waals surface area (Å²) in [5, 5.41) is 0. The number of carbonyl (C=O) groups excluding carboxylic acids is 1. The zero-order valence-corrected chi connectivity index (χ0v) is 7.22. The molecule has 0 aromatic rings. The molecule has 0 radical (unpaired) electrons. The van der Waals surface area contributed by atoms with Crippen LogP contribution in [0.25, 0.3) is 0 Å². The van der Waals surface area contributed by atoms with E-state index in [2.05, 4.69) is 0 Å². The summed E-state index contributed by atoms with van der Waals surface area (Å²) >= 11 is 0. The molecule has 1 heterocycles. The van der Waals surface area contributed by atoms with E-state index in [0.717, 1.165) is 6.42 Å². The highest BCUT2D eigenvalue weighted by Crippen LogP contribution is 2.21. The van der Waals surface area contributed by atoms with Crippen LogP contribution >= 0.6 is 0 Å². The lowest BCUT2D eigenvalue weighted by Crippen LogP contribution is -2.45. The zero-order valence-electron chi connectivity index (χ0n) is 7.22. The highest BCUT2D eigenvalue weighted by atomic mass is 16.7. The Balaban J connectivity index is 2.58. The predicted octanol–water partition coefficient (Wildman–Crippen LogP) is 1.12. The van der Waals surface area contributed by atoms with Gasteiger partial charge in [0, 0.05) is 0 Å². The van der Waals surface area contributed by atoms with Crippen LogP contribution < -0.4 is 0 Å². The van der Waals surface area contributed by atoms with Gasteiger partial charge in [-0.1, -0.05) is 6.92 Å². The molecular formula is C8H14O3. The van der Waals surface area contributed by atoms with Crippen LogP contribution in [0.4, 0.5) is 0 Å². The van der Waals surface area contributed by atoms with E-state index in [9.17, 15) is 4.79 Å². The van der Waals surface area contributed by atoms with Gasteiger partial charge in [0.1, 0.15) is 12.7 Å². The number of ether oxygens (including phenoxy) is 2. The molecule has 0 spiro atoms. The Labute approximate surface area is 66.7 Å². The van der Waals surface area contributed by atoms with E-state index in [1.807, 2.05) is 20.8 Å². The molecule has 1 saturated heterocycles. The summed E-state index contributed by atoms with van der Waals surface area (Å²) in [7, 11) is 0. The Kier molecular flexibility index (Phi) is 2.30. The first-order chi connectivity index (χ1) is 5.05. The highest BCUT2D eigenvalue weighted by Gasteiger charge is 2.33. The predicted molar refractivity (Wildman–Crippen MR) is 40.2 cm³/mol. The van der Waals surface area contributed by atoms with Gasteiger partial charge in [-0.2, -0.15) is 0 Å². The molecule has 1 atom stereocenters. The zero-order chi connectivity index (χ0) is 8.48. The van der Waals surface area contributed by atoms with Crippen LogP contribution in [0, 0.1) is 0 Å². The van der Waals surface area contributed by atoms with Crippen molar-refractivity contribution in [3.05, 3.63) is 0 Å². The second-order valence-corrected chi connectivity index (χ2v) is 3.17. The summed E-state index contributed by atoms with van der Waals surface area (Å²) in [6, 6.07) is 0. The number of Topliss-reactive ketones (excluding diaryl/α,β-unsaturated/α-hetero) is 1. The van der Waals surface area contributed by atoms with E-state index in [1.54, 1.807) is 0 Å². The topological polar surface area (TPSA) is 35.5 Å². The van der Waals surface area contributed by atoms with Crippen molar-refractivity contribution < 1.29 is 14.3 Å². The lowest BCUT2D eigenvalue weighted by atomic mass is 10.1. The average Bonchev–Trinajstić information content (AvgIpc) is 1.94. The fraction of sp³-hybridized carbons (Fsp3) is 0.875. The minimum atomic E-state index is -0.589. The van der Waals surface area contributed by atoms with Crippen molar-refractivity contribution in [3.8, 4) is 0 Å². The molecular weight excluding hydrogens is 144 g/mol. The number of ketones is 1. The SMILES string of the molecule is CC[C@@H]1OC(C)(C)OCC1=O. The van der Waals surface area contributed by atoms with Crippen LogP contribution in [-0.4, -0.2) is 24.3 Å². The van der Waals surface area contributed by atoms with Gasteiger partial charge in [0.15, 0.2) is 11.6 Å². The molecule has 0 saturated carbocycles. The van der Waals surface area contributed by atoms with E-state index < -0.39 is 5.79 Å². The van der Waals surface area contributed by atoms with E-state index in [-0.39, 0.29) is 18.5 Å². The number of hydrogen-bond donors (Lipinski definition) is 0. The second kappa shape index (κ2) is 2.91. The Morgan fingerprint density at radius 1 is 1.64 bits per heavy atom. The summed E-state index contributed by atoms with van der Waals surface area (Å²) in [4.78, 5) is 11.1. The molecule has 0 bridgehead atoms. The average molecular weight is 158 g/mol. The minimum Gasteiger partial charge on any atom is -0.343 e. The largest absolute Gasteiger partial charge is 0.343 e. The maximum Gasteiger partial charge on any atom is 0.187 e. The normalized spacial score (nSPS) is 30.5. The third kappa shape index (κ3) is 2.01. The van der Waals surface area contributed by atoms with Gasteiger partial charge in [0.25, 0.3) is 0 Å². The summed E-state index contributed by atoms with van der Waals surface area (Å²) in [5.41, 5.74) is 0. The van der Waals surface area contributed by atoms with Crippen molar-refractivity contribution in [1.82, 2.24) is 0 Å². The smallest absolute Gasteiger partial charge is 0.187 e. The Morgan fingerprint density at radius 2 is 2.27 bits per heavy atom. The first-order valence-corrected chi connectivity index (χ1v) is 3.89. The van der Waals surface area contributed by atoms with E-state index in [1.165, 1.54) is 0 Å². The highest BCUT2D eigenvalue weighted by molar-refractivity contribution is 5.84. The molecule has 0 aromatic carbocycles. The van der Waals surface area contributed by atoms with Crippen LogP contribution in [-0.2, 0) is 14.3 Å². The van der Waals surface area contributed by atoms with E-state index in [0.29, 0.717) is 0 Å². The molecule has 0 unspecified atom stereocenters. The third-order valence-electron chi connectivity index (χ3n) is 1.72. The van der Waals surface area contributed by atoms with Crippen molar-refractivity contribution in [3.63, 3.8) is 0 Å². The standard InChI is InChI=1S/C8H14O3/c1-4-7-6(9)5-10-8(2,3)11-7/h7H,4-5H2,1-3H3/t7-/m0/s1. The van der Waals surface area contributed by atoms with E-state index in [4.69, 9.17) is 9.47 Å². The van der Waals surface area contributed by atoms with Gasteiger partial charge in [0.2, 0.25) is 0 Å². The Bertz CT molecular complexity index is 163. The molecule has 1 rings (SSSR count). The molecule has 3 heteroatoms. The summed E-state index contributed by atoms with van der Waals surface area (Å²) < 4.78 is 10.5. The van der Waals surface area contributed by atoms with Gasteiger partial charge in [-0.05, 0) is 20.3 Å². The molecule has 64 valence electrons. The van der Waals surface area contributed by atoms with Crippen molar-refractivity contribution in [1.29, 1.82) is 0 Å². The van der Waals surface area contributed by atoms with Crippen molar-refractivity contribution in [2.45, 2.75) is 39.1 Å². The van der Waals surface area contributed by atoms with Crippen molar-refractivity contribution in [2.24, 2.45) is 0 Å². The lowest BCUT2D eigenvalue weighted by molar-refractivity contribution is -0.258. The number of carbonyl (C=O) groups is 1. The van der Waals surface area contributed by atoms with Crippen LogP contribution in [0.3, 0.4) is 0 Å². The first kappa shape index (κ1) is 8.68. The molecule has 0 N–H and O–H groups in total. The molecule has 0 aliphatic carbocycles. The molecule has 0 amide bonds. The van der Waals surface area contributed by atoms with Crippen LogP contribution in [0.15, 0.2) is 0 Å². The van der Waals surface area contributed by atoms with Crippen LogP contribution in [0.2, 0.25) is 0 Å². The summed E-state index contributed by atoms with van der Waals surface area (Å²) in [6.45, 7) is 5.76. The van der Waals surface area contributed by atoms with Crippen molar-refractivity contribution >= 4 is 5.78 Å². The van der Waals surface area contributed by atoms with Crippen molar-refractivity contribution in [2.75, 3.05) is 6.61 Å². The third-order valence-corrected chi connectivity index (χ3v) is 1.72. The lowest BCUT2D eigenvalue weighted by Gasteiger charge is -2.34. The number of rotatable bonds is 1. The molecule has 11 heavy (non-hydrogen) atoms. The fourth-order valence-electron chi connectivity index (χ4n) is 1.09. The van der Waals surface area contributed by atoms with Gasteiger partial charge < -0.3 is 9.47 Å². The molecule has 1 aliphatic heterocycles. The molecule has 3 nitrogen and oxygen atoms in total. The first-order valence-electron chi connectivity index (χ1n) is 3.89. The van der Waals surface area contributed by atoms with Gasteiger partial charge in [-0.25, -0.2) is 0 Å².